The molecule has 0 bridgehead atoms. The summed E-state index contributed by atoms with van der Waals surface area (Å²) in [5.41, 5.74) is -0.0545. The van der Waals surface area contributed by atoms with Gasteiger partial charge in [-0.1, -0.05) is 48.5 Å². The van der Waals surface area contributed by atoms with E-state index in [-0.39, 0.29) is 27.4 Å². The van der Waals surface area contributed by atoms with E-state index in [1.807, 2.05) is 0 Å². The highest BCUT2D eigenvalue weighted by atomic mass is 35.5. The van der Waals surface area contributed by atoms with Gasteiger partial charge in [-0.25, -0.2) is 13.0 Å². The lowest BCUT2D eigenvalue weighted by atomic mass is 9.90. The zero-order chi connectivity index (χ0) is 22.2. The molecule has 0 radical (unpaired) electrons. The second kappa shape index (κ2) is 7.98. The number of allylic oxidation sites excluding steroid dienone is 3. The molecule has 0 aliphatic heterocycles. The molecule has 31 heavy (non-hydrogen) atoms. The maximum atomic E-state index is 13.3. The van der Waals surface area contributed by atoms with Gasteiger partial charge in [0.2, 0.25) is 23.6 Å². The van der Waals surface area contributed by atoms with Gasteiger partial charge < -0.3 is 0 Å². The molecule has 9 heteroatoms. The number of hydrogen-bond donors (Lipinski definition) is 1. The zero-order valence-corrected chi connectivity index (χ0v) is 17.7. The van der Waals surface area contributed by atoms with E-state index < -0.39 is 21.6 Å². The van der Waals surface area contributed by atoms with Crippen molar-refractivity contribution in [1.29, 1.82) is 0 Å². The van der Waals surface area contributed by atoms with Crippen LogP contribution < -0.4 is 9.29 Å². The Labute approximate surface area is 184 Å². The number of carbonyl (C=O) groups excluding carboxylic acids is 2. The molecule has 0 spiro atoms. The van der Waals surface area contributed by atoms with Crippen molar-refractivity contribution in [2.24, 2.45) is 0 Å². The third-order valence-electron chi connectivity index (χ3n) is 4.75. The van der Waals surface area contributed by atoms with Crippen molar-refractivity contribution in [3.63, 3.8) is 0 Å². The van der Waals surface area contributed by atoms with Crippen LogP contribution in [-0.2, 0) is 16.6 Å². The van der Waals surface area contributed by atoms with Gasteiger partial charge in [0.25, 0.3) is 10.0 Å². The molecule has 2 aromatic carbocycles. The van der Waals surface area contributed by atoms with Crippen molar-refractivity contribution in [2.75, 3.05) is 0 Å². The number of rotatable bonds is 6. The van der Waals surface area contributed by atoms with Crippen molar-refractivity contribution in [3.8, 4) is 0 Å². The normalized spacial score (nSPS) is 13.8. The molecular formula is C22H17ClN3O4S+. The molecule has 0 amide bonds. The van der Waals surface area contributed by atoms with Crippen LogP contribution in [0.15, 0.2) is 90.5 Å². The predicted octanol–water partition coefficient (Wildman–Crippen LogP) is 2.84. The summed E-state index contributed by atoms with van der Waals surface area (Å²) in [6, 6.07) is 11.8. The Kier molecular flexibility index (Phi) is 5.34. The monoisotopic (exact) mass is 454 g/mol. The number of aromatic nitrogens is 2. The van der Waals surface area contributed by atoms with Crippen molar-refractivity contribution in [2.45, 2.75) is 11.4 Å². The van der Waals surface area contributed by atoms with E-state index in [9.17, 15) is 18.0 Å². The van der Waals surface area contributed by atoms with Gasteiger partial charge in [-0.3, -0.25) is 14.3 Å². The van der Waals surface area contributed by atoms with Crippen LogP contribution in [0.3, 0.4) is 0 Å². The largest absolute Gasteiger partial charge is 0.287 e. The maximum absolute atomic E-state index is 13.3. The van der Waals surface area contributed by atoms with Crippen LogP contribution in [0.2, 0.25) is 5.02 Å². The molecule has 1 N–H and O–H groups in total. The number of imidazole rings is 1. The van der Waals surface area contributed by atoms with Crippen molar-refractivity contribution in [3.05, 3.63) is 102 Å². The number of carbonyl (C=O) groups is 2. The summed E-state index contributed by atoms with van der Waals surface area (Å²) < 4.78 is 31.5. The average molecular weight is 455 g/mol. The summed E-state index contributed by atoms with van der Waals surface area (Å²) in [7, 11) is -4.16. The highest BCUT2D eigenvalue weighted by Crippen LogP contribution is 2.29. The molecule has 0 saturated heterocycles. The average Bonchev–Trinajstić information content (AvgIpc) is 3.20. The van der Waals surface area contributed by atoms with Gasteiger partial charge in [-0.05, 0) is 24.3 Å². The quantitative estimate of drug-likeness (QED) is 0.458. The van der Waals surface area contributed by atoms with Gasteiger partial charge >= 0.3 is 0 Å². The van der Waals surface area contributed by atoms with Gasteiger partial charge in [-0.2, -0.15) is 4.57 Å². The summed E-state index contributed by atoms with van der Waals surface area (Å²) in [4.78, 5) is 26.5. The SMILES string of the molecule is C=CC[n+]1ccn(C2=C(NS(=O)(=O)c3ccc(Cl)cc3)C(=O)c3ccccc3C2=O)c1. The number of ketones is 2. The lowest BCUT2D eigenvalue weighted by molar-refractivity contribution is -0.686. The number of fused-ring (bicyclic) bond motifs is 1. The topological polar surface area (TPSA) is 89.1 Å². The Hall–Kier alpha value is -3.49. The zero-order valence-electron chi connectivity index (χ0n) is 16.2. The highest BCUT2D eigenvalue weighted by Gasteiger charge is 2.38. The van der Waals surface area contributed by atoms with E-state index in [1.165, 1.54) is 34.9 Å². The number of benzene rings is 2. The lowest BCUT2D eigenvalue weighted by Gasteiger charge is -2.19. The Morgan fingerprint density at radius 2 is 1.68 bits per heavy atom. The summed E-state index contributed by atoms with van der Waals surface area (Å²) in [5.74, 6) is -1.06. The first-order valence-electron chi connectivity index (χ1n) is 9.21. The van der Waals surface area contributed by atoms with Gasteiger partial charge in [0.05, 0.1) is 4.90 Å². The van der Waals surface area contributed by atoms with Crippen LogP contribution in [-0.4, -0.2) is 24.6 Å². The minimum absolute atomic E-state index is 0.0796. The van der Waals surface area contributed by atoms with E-state index in [4.69, 9.17) is 11.6 Å². The van der Waals surface area contributed by atoms with Crippen molar-refractivity contribution < 1.29 is 22.6 Å². The Morgan fingerprint density at radius 1 is 1.03 bits per heavy atom. The Bertz CT molecular complexity index is 1360. The third kappa shape index (κ3) is 3.83. The molecule has 0 fully saturated rings. The Balaban J connectivity index is 1.88. The molecular weight excluding hydrogens is 438 g/mol. The summed E-state index contributed by atoms with van der Waals surface area (Å²) in [6.45, 7) is 4.15. The van der Waals surface area contributed by atoms with Crippen molar-refractivity contribution in [1.82, 2.24) is 9.29 Å². The second-order valence-corrected chi connectivity index (χ2v) is 8.91. The second-order valence-electron chi connectivity index (χ2n) is 6.79. The van der Waals surface area contributed by atoms with E-state index in [2.05, 4.69) is 11.3 Å². The fourth-order valence-electron chi connectivity index (χ4n) is 3.29. The Morgan fingerprint density at radius 3 is 2.32 bits per heavy atom. The lowest BCUT2D eigenvalue weighted by Crippen LogP contribution is -2.35. The first kappa shape index (κ1) is 20.8. The van der Waals surface area contributed by atoms with Gasteiger partial charge in [0.15, 0.2) is 0 Å². The number of hydrogen-bond acceptors (Lipinski definition) is 4. The van der Waals surface area contributed by atoms with Crippen LogP contribution >= 0.6 is 11.6 Å². The summed E-state index contributed by atoms with van der Waals surface area (Å²) in [6.07, 6.45) is 6.53. The molecule has 1 aliphatic rings. The fourth-order valence-corrected chi connectivity index (χ4v) is 4.49. The van der Waals surface area contributed by atoms with Crippen molar-refractivity contribution >= 4 is 38.9 Å². The van der Waals surface area contributed by atoms with Crippen LogP contribution in [0.5, 0.6) is 0 Å². The minimum Gasteiger partial charge on any atom is -0.287 e. The molecule has 1 heterocycles. The molecule has 156 valence electrons. The molecule has 0 saturated carbocycles. The molecule has 0 atom stereocenters. The third-order valence-corrected chi connectivity index (χ3v) is 6.36. The number of nitrogens with one attached hydrogen (secondary N) is 1. The molecule has 1 aromatic heterocycles. The molecule has 7 nitrogen and oxygen atoms in total. The molecule has 1 aliphatic carbocycles. The molecule has 4 rings (SSSR count). The molecule has 0 unspecified atom stereocenters. The maximum Gasteiger partial charge on any atom is 0.262 e. The number of Topliss-reactive ketones (excluding diaryl/α,β-unsaturated/α-hetero) is 2. The first-order chi connectivity index (χ1) is 14.8. The van der Waals surface area contributed by atoms with Gasteiger partial charge in [-0.15, -0.1) is 0 Å². The fraction of sp³-hybridized carbons (Fsp3) is 0.0455. The van der Waals surface area contributed by atoms with E-state index in [0.717, 1.165) is 0 Å². The number of sulfonamides is 1. The summed E-state index contributed by atoms with van der Waals surface area (Å²) >= 11 is 5.85. The summed E-state index contributed by atoms with van der Waals surface area (Å²) in [5, 5.41) is 0.371. The smallest absolute Gasteiger partial charge is 0.262 e. The number of halogens is 1. The highest BCUT2D eigenvalue weighted by molar-refractivity contribution is 7.89. The standard InChI is InChI=1S/C22H16ClN3O4S/c1-2-11-25-12-13-26(14-25)20-19(21(27)17-5-3-4-6-18(17)22(20)28)24-31(29,30)16-9-7-15(23)8-10-16/h2-10,12-14H,1,11H2/p+1. The van der Waals surface area contributed by atoms with Crippen LogP contribution in [0.4, 0.5) is 0 Å². The van der Waals surface area contributed by atoms with E-state index in [1.54, 1.807) is 47.6 Å². The molecule has 3 aromatic rings. The first-order valence-corrected chi connectivity index (χ1v) is 11.1. The van der Waals surface area contributed by atoms with Crippen LogP contribution in [0.1, 0.15) is 20.7 Å². The van der Waals surface area contributed by atoms with Gasteiger partial charge in [0.1, 0.15) is 24.6 Å². The predicted molar refractivity (Wildman–Crippen MR) is 115 cm³/mol. The van der Waals surface area contributed by atoms with E-state index >= 15 is 0 Å². The van der Waals surface area contributed by atoms with Crippen LogP contribution in [0.25, 0.3) is 5.70 Å². The number of nitrogens with zero attached hydrogens (tertiary/aromatic N) is 2. The minimum atomic E-state index is -4.16. The van der Waals surface area contributed by atoms with Gasteiger partial charge in [0, 0.05) is 16.1 Å². The van der Waals surface area contributed by atoms with Crippen LogP contribution in [0, 0.1) is 0 Å². The van der Waals surface area contributed by atoms with E-state index in [0.29, 0.717) is 11.6 Å².